The van der Waals surface area contributed by atoms with Crippen LogP contribution in [0.4, 0.5) is 0 Å². The Morgan fingerprint density at radius 3 is 1.05 bits per heavy atom. The van der Waals surface area contributed by atoms with Crippen LogP contribution in [-0.4, -0.2) is 0 Å². The molecule has 20 heavy (non-hydrogen) atoms. The Kier molecular flexibility index (Phi) is 18.7. The van der Waals surface area contributed by atoms with Crippen LogP contribution in [-0.2, 0) is 0 Å². The normalized spacial score (nSPS) is 11.4. The smallest absolute Gasteiger partial charge is 0.0218 e. The predicted octanol–water partition coefficient (Wildman–Crippen LogP) is 7.35. The topological polar surface area (TPSA) is 70.0 Å². The van der Waals surface area contributed by atoms with Crippen LogP contribution >= 0.6 is 17.0 Å². The fourth-order valence-corrected chi connectivity index (χ4v) is 4.89. The van der Waals surface area contributed by atoms with Gasteiger partial charge in [0.25, 0.3) is 0 Å². The van der Waals surface area contributed by atoms with Crippen molar-refractivity contribution in [2.24, 2.45) is 16.7 Å². The van der Waals surface area contributed by atoms with E-state index in [1.807, 2.05) is 0 Å². The molecule has 0 spiro atoms. The molecule has 0 amide bonds. The molecule has 0 unspecified atom stereocenters. The third kappa shape index (κ3) is 4.71. The molecule has 0 aliphatic carbocycles. The first kappa shape index (κ1) is 28.5. The third-order valence-electron chi connectivity index (χ3n) is 6.12. The molecule has 0 rings (SSSR count). The van der Waals surface area contributed by atoms with E-state index in [0.717, 1.165) is 5.92 Å². The molecule has 0 fully saturated rings. The predicted molar refractivity (Wildman–Crippen MR) is 101 cm³/mol. The zero-order valence-electron chi connectivity index (χ0n) is 15.3. The van der Waals surface area contributed by atoms with Crippen molar-refractivity contribution in [3.8, 4) is 0 Å². The van der Waals surface area contributed by atoms with Gasteiger partial charge >= 0.3 is 0 Å². The Bertz CT molecular complexity index is 187. The van der Waals surface area contributed by atoms with E-state index in [1.165, 1.54) is 44.9 Å². The minimum Gasteiger partial charge on any atom is -0.344 e. The average Bonchev–Trinajstić information content (AvgIpc) is 2.40. The number of hydrogen-bond donors (Lipinski definition) is 2. The van der Waals surface area contributed by atoms with Gasteiger partial charge in [0.15, 0.2) is 0 Å². The fourth-order valence-electron chi connectivity index (χ4n) is 4.89. The number of rotatable bonds is 9. The zero-order chi connectivity index (χ0) is 13.5. The van der Waals surface area contributed by atoms with Gasteiger partial charge in [0.05, 0.1) is 0 Å². The molecule has 0 heterocycles. The molecule has 0 atom stereocenters. The van der Waals surface area contributed by atoms with Crippen LogP contribution in [0.15, 0.2) is 0 Å². The lowest BCUT2D eigenvalue weighted by atomic mass is 9.50. The van der Waals surface area contributed by atoms with E-state index in [4.69, 9.17) is 0 Å². The summed E-state index contributed by atoms with van der Waals surface area (Å²) in [5.41, 5.74) is 1.13. The van der Waals surface area contributed by atoms with E-state index in [0.29, 0.717) is 10.8 Å². The molecule has 0 bridgehead atoms. The molecule has 0 aliphatic rings. The van der Waals surface area contributed by atoms with Crippen molar-refractivity contribution >= 4 is 17.0 Å². The standard InChI is InChI=1S/C17H36.BrH.2H3N/c1-8-15(9-2)17(13-6,14-7)16(10-3,11-4)12-5;;;/h15H,8-14H2,1-7H3;1H;2*1H3. The van der Waals surface area contributed by atoms with Crippen molar-refractivity contribution in [1.29, 1.82) is 0 Å². The maximum Gasteiger partial charge on any atom is -0.0218 e. The highest BCUT2D eigenvalue weighted by atomic mass is 79.9. The maximum atomic E-state index is 2.43. The third-order valence-corrected chi connectivity index (χ3v) is 6.12. The summed E-state index contributed by atoms with van der Waals surface area (Å²) < 4.78 is 0. The van der Waals surface area contributed by atoms with Gasteiger partial charge in [-0.25, -0.2) is 0 Å². The van der Waals surface area contributed by atoms with Gasteiger partial charge < -0.3 is 12.3 Å². The maximum absolute atomic E-state index is 2.43. The molecule has 6 N–H and O–H groups in total. The van der Waals surface area contributed by atoms with Crippen molar-refractivity contribution in [2.75, 3.05) is 0 Å². The molecule has 0 aromatic carbocycles. The molecule has 2 nitrogen and oxygen atoms in total. The van der Waals surface area contributed by atoms with Gasteiger partial charge in [0.2, 0.25) is 0 Å². The minimum atomic E-state index is 0. The van der Waals surface area contributed by atoms with Crippen molar-refractivity contribution in [3.05, 3.63) is 0 Å². The van der Waals surface area contributed by atoms with Crippen molar-refractivity contribution in [2.45, 2.75) is 93.4 Å². The summed E-state index contributed by atoms with van der Waals surface area (Å²) in [4.78, 5) is 0. The first-order chi connectivity index (χ1) is 8.07. The second-order valence-electron chi connectivity index (χ2n) is 5.72. The summed E-state index contributed by atoms with van der Waals surface area (Å²) in [6.45, 7) is 16.9. The Balaban J connectivity index is -0.000000427. The Hall–Kier alpha value is 0.400. The zero-order valence-corrected chi connectivity index (χ0v) is 17.1. The summed E-state index contributed by atoms with van der Waals surface area (Å²) in [7, 11) is 0. The fraction of sp³-hybridized carbons (Fsp3) is 1.00. The first-order valence-corrected chi connectivity index (χ1v) is 8.07. The van der Waals surface area contributed by atoms with E-state index in [2.05, 4.69) is 48.5 Å². The minimum absolute atomic E-state index is 0. The molecule has 0 aliphatic heterocycles. The van der Waals surface area contributed by atoms with Crippen molar-refractivity contribution in [3.63, 3.8) is 0 Å². The molecule has 128 valence electrons. The molecule has 0 radical (unpaired) electrons. The van der Waals surface area contributed by atoms with Crippen LogP contribution < -0.4 is 12.3 Å². The van der Waals surface area contributed by atoms with Crippen LogP contribution in [0.5, 0.6) is 0 Å². The highest BCUT2D eigenvalue weighted by Crippen LogP contribution is 2.57. The summed E-state index contributed by atoms with van der Waals surface area (Å²) in [5.74, 6) is 0.900. The highest BCUT2D eigenvalue weighted by molar-refractivity contribution is 8.93. The van der Waals surface area contributed by atoms with Gasteiger partial charge in [-0.2, -0.15) is 0 Å². The Morgan fingerprint density at radius 1 is 0.600 bits per heavy atom. The molecule has 0 aromatic rings. The SMILES string of the molecule is Br.CCC(CC)C(CC)(CC)C(CC)(CC)CC.N.N. The molecule has 0 aromatic heterocycles. The molecule has 3 heteroatoms. The van der Waals surface area contributed by atoms with E-state index in [9.17, 15) is 0 Å². The van der Waals surface area contributed by atoms with Gasteiger partial charge in [0, 0.05) is 0 Å². The van der Waals surface area contributed by atoms with Crippen LogP contribution in [0.25, 0.3) is 0 Å². The highest BCUT2D eigenvalue weighted by Gasteiger charge is 2.48. The summed E-state index contributed by atoms with van der Waals surface area (Å²) >= 11 is 0. The van der Waals surface area contributed by atoms with Crippen LogP contribution in [0.3, 0.4) is 0 Å². The van der Waals surface area contributed by atoms with Crippen molar-refractivity contribution < 1.29 is 0 Å². The quantitative estimate of drug-likeness (QED) is 0.454. The van der Waals surface area contributed by atoms with Gasteiger partial charge in [-0.05, 0) is 48.9 Å². The second kappa shape index (κ2) is 13.1. The van der Waals surface area contributed by atoms with Gasteiger partial charge in [0.1, 0.15) is 0 Å². The lowest BCUT2D eigenvalue weighted by Gasteiger charge is -2.54. The van der Waals surface area contributed by atoms with Crippen LogP contribution in [0.1, 0.15) is 93.4 Å². The summed E-state index contributed by atoms with van der Waals surface area (Å²) in [6, 6.07) is 0. The molecular weight excluding hydrogens is 312 g/mol. The van der Waals surface area contributed by atoms with Crippen LogP contribution in [0.2, 0.25) is 0 Å². The van der Waals surface area contributed by atoms with E-state index in [1.54, 1.807) is 0 Å². The first-order valence-electron chi connectivity index (χ1n) is 8.07. The lowest BCUT2D eigenvalue weighted by Crippen LogP contribution is -2.45. The summed E-state index contributed by atoms with van der Waals surface area (Å²) in [5, 5.41) is 0. The Morgan fingerprint density at radius 2 is 0.900 bits per heavy atom. The van der Waals surface area contributed by atoms with Crippen LogP contribution in [0, 0.1) is 16.7 Å². The summed E-state index contributed by atoms with van der Waals surface area (Å²) in [6.07, 6.45) is 9.44. The Labute approximate surface area is 139 Å². The number of hydrogen-bond acceptors (Lipinski definition) is 2. The lowest BCUT2D eigenvalue weighted by molar-refractivity contribution is -0.0478. The average molecular weight is 355 g/mol. The van der Waals surface area contributed by atoms with Gasteiger partial charge in [-0.15, -0.1) is 17.0 Å². The van der Waals surface area contributed by atoms with E-state index >= 15 is 0 Å². The molecule has 0 saturated carbocycles. The molecular formula is C17H43BrN2. The van der Waals surface area contributed by atoms with E-state index in [-0.39, 0.29) is 29.3 Å². The number of halogens is 1. The monoisotopic (exact) mass is 354 g/mol. The largest absolute Gasteiger partial charge is 0.344 e. The van der Waals surface area contributed by atoms with Gasteiger partial charge in [-0.1, -0.05) is 61.3 Å². The van der Waals surface area contributed by atoms with E-state index < -0.39 is 0 Å². The molecule has 0 saturated heterocycles. The van der Waals surface area contributed by atoms with Gasteiger partial charge in [-0.3, -0.25) is 0 Å². The van der Waals surface area contributed by atoms with Crippen molar-refractivity contribution in [1.82, 2.24) is 12.3 Å². The second-order valence-corrected chi connectivity index (χ2v) is 5.72.